The number of rotatable bonds is 6. The zero-order valence-electron chi connectivity index (χ0n) is 10.5. The van der Waals surface area contributed by atoms with Crippen molar-refractivity contribution in [2.75, 3.05) is 12.3 Å². The van der Waals surface area contributed by atoms with Crippen LogP contribution >= 0.6 is 11.8 Å². The topological polar surface area (TPSA) is 57.6 Å². The van der Waals surface area contributed by atoms with Gasteiger partial charge in [-0.25, -0.2) is 0 Å². The molecule has 0 unspecified atom stereocenters. The first-order valence-corrected chi connectivity index (χ1v) is 7.18. The molecule has 1 amide bonds. The highest BCUT2D eigenvalue weighted by Gasteiger charge is 2.28. The van der Waals surface area contributed by atoms with Crippen LogP contribution in [0.2, 0.25) is 0 Å². The summed E-state index contributed by atoms with van der Waals surface area (Å²) in [4.78, 5) is 24.4. The third-order valence-corrected chi connectivity index (χ3v) is 4.01. The van der Waals surface area contributed by atoms with Crippen LogP contribution in [-0.4, -0.2) is 45.5 Å². The summed E-state index contributed by atoms with van der Waals surface area (Å²) >= 11 is 1.57. The van der Waals surface area contributed by atoms with Crippen molar-refractivity contribution in [3.05, 3.63) is 0 Å². The molecule has 0 aromatic heterocycles. The molecule has 98 valence electrons. The minimum absolute atomic E-state index is 0.0296. The van der Waals surface area contributed by atoms with E-state index >= 15 is 0 Å². The Hall–Kier alpha value is -0.710. The highest BCUT2D eigenvalue weighted by atomic mass is 32.2. The molecule has 0 aliphatic heterocycles. The lowest BCUT2D eigenvalue weighted by molar-refractivity contribution is -0.145. The number of nitrogens with zero attached hydrogens (tertiary/aromatic N) is 1. The Morgan fingerprint density at radius 2 is 1.94 bits per heavy atom. The van der Waals surface area contributed by atoms with E-state index in [0.29, 0.717) is 11.0 Å². The van der Waals surface area contributed by atoms with Crippen LogP contribution < -0.4 is 0 Å². The number of hydrogen-bond donors (Lipinski definition) is 1. The van der Waals surface area contributed by atoms with Crippen LogP contribution in [0.5, 0.6) is 0 Å². The Morgan fingerprint density at radius 3 is 2.41 bits per heavy atom. The number of hydrogen-bond acceptors (Lipinski definition) is 3. The van der Waals surface area contributed by atoms with Crippen molar-refractivity contribution in [1.29, 1.82) is 0 Å². The van der Waals surface area contributed by atoms with E-state index in [1.165, 1.54) is 0 Å². The summed E-state index contributed by atoms with van der Waals surface area (Å²) in [6.45, 7) is 3.92. The van der Waals surface area contributed by atoms with Gasteiger partial charge in [-0.15, -0.1) is 11.8 Å². The van der Waals surface area contributed by atoms with Gasteiger partial charge in [0.25, 0.3) is 0 Å². The number of thioether (sulfide) groups is 1. The van der Waals surface area contributed by atoms with Crippen LogP contribution in [0.15, 0.2) is 0 Å². The fraction of sp³-hybridized carbons (Fsp3) is 0.833. The van der Waals surface area contributed by atoms with Gasteiger partial charge in [0, 0.05) is 6.04 Å². The number of aliphatic carboxylic acids is 1. The Kier molecular flexibility index (Phi) is 5.82. The van der Waals surface area contributed by atoms with Crippen molar-refractivity contribution in [3.8, 4) is 0 Å². The molecule has 5 heteroatoms. The van der Waals surface area contributed by atoms with Crippen molar-refractivity contribution >= 4 is 23.6 Å². The quantitative estimate of drug-likeness (QED) is 0.792. The molecule has 4 nitrogen and oxygen atoms in total. The van der Waals surface area contributed by atoms with Gasteiger partial charge < -0.3 is 10.0 Å². The molecule has 0 aromatic carbocycles. The summed E-state index contributed by atoms with van der Waals surface area (Å²) in [6, 6.07) is 0.145. The molecule has 1 N–H and O–H groups in total. The lowest BCUT2D eigenvalue weighted by Crippen LogP contribution is -2.43. The second-order valence-electron chi connectivity index (χ2n) is 4.71. The Balaban J connectivity index is 2.54. The smallest absolute Gasteiger partial charge is 0.323 e. The molecule has 1 aliphatic carbocycles. The van der Waals surface area contributed by atoms with Crippen LogP contribution in [0.1, 0.15) is 39.5 Å². The fourth-order valence-corrected chi connectivity index (χ4v) is 2.75. The second-order valence-corrected chi connectivity index (χ2v) is 6.28. The Bertz CT molecular complexity index is 275. The number of carbonyl (C=O) groups excluding carboxylic acids is 1. The van der Waals surface area contributed by atoms with Gasteiger partial charge >= 0.3 is 5.97 Å². The summed E-state index contributed by atoms with van der Waals surface area (Å²) in [6.07, 6.45) is 4.10. The van der Waals surface area contributed by atoms with Crippen molar-refractivity contribution in [2.45, 2.75) is 50.8 Å². The molecule has 0 radical (unpaired) electrons. The highest BCUT2D eigenvalue weighted by Crippen LogP contribution is 2.24. The number of amides is 1. The van der Waals surface area contributed by atoms with Gasteiger partial charge in [0.15, 0.2) is 0 Å². The maximum Gasteiger partial charge on any atom is 0.323 e. The molecule has 0 bridgehead atoms. The zero-order valence-corrected chi connectivity index (χ0v) is 11.3. The van der Waals surface area contributed by atoms with Gasteiger partial charge in [-0.2, -0.15) is 0 Å². The van der Waals surface area contributed by atoms with Crippen molar-refractivity contribution < 1.29 is 14.7 Å². The van der Waals surface area contributed by atoms with Crippen LogP contribution in [0.3, 0.4) is 0 Å². The van der Waals surface area contributed by atoms with Gasteiger partial charge in [-0.1, -0.05) is 26.7 Å². The van der Waals surface area contributed by atoms with Crippen molar-refractivity contribution in [2.24, 2.45) is 0 Å². The van der Waals surface area contributed by atoms with E-state index in [-0.39, 0.29) is 18.5 Å². The van der Waals surface area contributed by atoms with Gasteiger partial charge in [0.1, 0.15) is 6.54 Å². The first kappa shape index (κ1) is 14.4. The molecule has 1 aliphatic rings. The van der Waals surface area contributed by atoms with E-state index in [4.69, 9.17) is 5.11 Å². The van der Waals surface area contributed by atoms with E-state index in [1.54, 1.807) is 16.7 Å². The van der Waals surface area contributed by atoms with Crippen molar-refractivity contribution in [1.82, 2.24) is 4.90 Å². The minimum atomic E-state index is -0.917. The summed E-state index contributed by atoms with van der Waals surface area (Å²) in [5.41, 5.74) is 0. The number of carboxylic acid groups (broad SMARTS) is 1. The summed E-state index contributed by atoms with van der Waals surface area (Å²) < 4.78 is 0. The molecule has 0 aromatic rings. The Labute approximate surface area is 107 Å². The largest absolute Gasteiger partial charge is 0.480 e. The number of carbonyl (C=O) groups is 2. The van der Waals surface area contributed by atoms with Crippen LogP contribution in [0.4, 0.5) is 0 Å². The summed E-state index contributed by atoms with van der Waals surface area (Å²) in [7, 11) is 0. The zero-order chi connectivity index (χ0) is 12.8. The Morgan fingerprint density at radius 1 is 1.35 bits per heavy atom. The predicted octanol–water partition coefficient (Wildman–Crippen LogP) is 1.98. The average molecular weight is 259 g/mol. The van der Waals surface area contributed by atoms with E-state index in [9.17, 15) is 9.59 Å². The van der Waals surface area contributed by atoms with Crippen molar-refractivity contribution in [3.63, 3.8) is 0 Å². The molecule has 0 spiro atoms. The number of carboxylic acids is 1. The van der Waals surface area contributed by atoms with E-state index in [1.807, 2.05) is 13.8 Å². The minimum Gasteiger partial charge on any atom is -0.480 e. The molecular formula is C12H21NO3S. The molecular weight excluding hydrogens is 238 g/mol. The van der Waals surface area contributed by atoms with Gasteiger partial charge in [0.2, 0.25) is 5.91 Å². The first-order valence-electron chi connectivity index (χ1n) is 6.13. The normalized spacial score (nSPS) is 16.4. The van der Waals surface area contributed by atoms with Gasteiger partial charge in [0.05, 0.1) is 5.75 Å². The lowest BCUT2D eigenvalue weighted by atomic mass is 10.2. The molecule has 0 atom stereocenters. The highest BCUT2D eigenvalue weighted by molar-refractivity contribution is 8.00. The van der Waals surface area contributed by atoms with Crippen LogP contribution in [0, 0.1) is 0 Å². The second kappa shape index (κ2) is 6.89. The third-order valence-electron chi connectivity index (χ3n) is 2.93. The summed E-state index contributed by atoms with van der Waals surface area (Å²) in [5.74, 6) is -0.556. The third kappa shape index (κ3) is 4.98. The van der Waals surface area contributed by atoms with E-state index in [0.717, 1.165) is 25.7 Å². The molecule has 0 saturated heterocycles. The van der Waals surface area contributed by atoms with E-state index in [2.05, 4.69) is 0 Å². The standard InChI is InChI=1S/C12H21NO3S/c1-9(2)17-8-11(14)13(7-12(15)16)10-5-3-4-6-10/h9-10H,3-8H2,1-2H3,(H,15,16). The summed E-state index contributed by atoms with van der Waals surface area (Å²) in [5, 5.41) is 9.27. The van der Waals surface area contributed by atoms with Crippen LogP contribution in [0.25, 0.3) is 0 Å². The maximum absolute atomic E-state index is 12.0. The SMILES string of the molecule is CC(C)SCC(=O)N(CC(=O)O)C1CCCC1. The fourth-order valence-electron chi connectivity index (χ4n) is 2.10. The monoisotopic (exact) mass is 259 g/mol. The molecule has 1 rings (SSSR count). The van der Waals surface area contributed by atoms with Crippen LogP contribution in [-0.2, 0) is 9.59 Å². The van der Waals surface area contributed by atoms with E-state index < -0.39 is 5.97 Å². The first-order chi connectivity index (χ1) is 8.00. The molecule has 17 heavy (non-hydrogen) atoms. The lowest BCUT2D eigenvalue weighted by Gasteiger charge is -2.27. The van der Waals surface area contributed by atoms with Gasteiger partial charge in [-0.05, 0) is 18.1 Å². The van der Waals surface area contributed by atoms with Gasteiger partial charge in [-0.3, -0.25) is 9.59 Å². The predicted molar refractivity (Wildman–Crippen MR) is 69.2 cm³/mol. The molecule has 0 heterocycles. The molecule has 1 fully saturated rings. The average Bonchev–Trinajstić information content (AvgIpc) is 2.75. The maximum atomic E-state index is 12.0. The molecule has 1 saturated carbocycles.